The number of carboxylic acid groups (broad SMARTS) is 1. The maximum atomic E-state index is 11.4. The van der Waals surface area contributed by atoms with Gasteiger partial charge in [0.1, 0.15) is 6.04 Å². The molecule has 0 bridgehead atoms. The predicted octanol–water partition coefficient (Wildman–Crippen LogP) is -2.49. The number of aliphatic carboxylic acids is 1. The van der Waals surface area contributed by atoms with Gasteiger partial charge < -0.3 is 10.4 Å². The van der Waals surface area contributed by atoms with Gasteiger partial charge in [0.25, 0.3) is 5.91 Å². The van der Waals surface area contributed by atoms with Crippen LogP contribution in [0.5, 0.6) is 0 Å². The zero-order chi connectivity index (χ0) is 12.8. The van der Waals surface area contributed by atoms with E-state index in [-0.39, 0.29) is 12.5 Å². The average molecular weight is 244 g/mol. The Balaban J connectivity index is 2.44. The third-order valence-electron chi connectivity index (χ3n) is 2.36. The third kappa shape index (κ3) is 4.37. The normalized spacial score (nSPS) is 20.6. The summed E-state index contributed by atoms with van der Waals surface area (Å²) in [5.74, 6) is -1.79. The summed E-state index contributed by atoms with van der Waals surface area (Å²) < 4.78 is 0. The van der Waals surface area contributed by atoms with Crippen LogP contribution in [-0.2, 0) is 14.4 Å². The molecule has 0 saturated carbocycles. The van der Waals surface area contributed by atoms with E-state index in [4.69, 9.17) is 5.11 Å². The molecule has 1 fully saturated rings. The van der Waals surface area contributed by atoms with E-state index in [1.54, 1.807) is 4.90 Å². The number of piperazine rings is 1. The number of hydrazine groups is 1. The van der Waals surface area contributed by atoms with Crippen LogP contribution in [0.25, 0.3) is 0 Å². The standard InChI is InChI=1S/C9H16N4O4/c1-6(14)11-12-8(15)5-13-3-2-10-4-7(13)9(16)17/h7,10H,2-5H2,1H3,(H,11,14)(H,12,15)(H,16,17). The molecule has 8 nitrogen and oxygen atoms in total. The van der Waals surface area contributed by atoms with Gasteiger partial charge in [-0.1, -0.05) is 0 Å². The average Bonchev–Trinajstić information content (AvgIpc) is 2.27. The van der Waals surface area contributed by atoms with Crippen LogP contribution < -0.4 is 16.2 Å². The molecular weight excluding hydrogens is 228 g/mol. The second-order valence-corrected chi connectivity index (χ2v) is 3.76. The van der Waals surface area contributed by atoms with Crippen LogP contribution >= 0.6 is 0 Å². The molecule has 1 aliphatic rings. The van der Waals surface area contributed by atoms with Crippen LogP contribution in [0, 0.1) is 0 Å². The quantitative estimate of drug-likeness (QED) is 0.409. The van der Waals surface area contributed by atoms with Crippen molar-refractivity contribution in [3.05, 3.63) is 0 Å². The summed E-state index contributed by atoms with van der Waals surface area (Å²) in [5.41, 5.74) is 4.35. The van der Waals surface area contributed by atoms with E-state index in [1.807, 2.05) is 0 Å². The van der Waals surface area contributed by atoms with Crippen molar-refractivity contribution in [1.29, 1.82) is 0 Å². The minimum absolute atomic E-state index is 0.0566. The van der Waals surface area contributed by atoms with Crippen LogP contribution in [0.4, 0.5) is 0 Å². The highest BCUT2D eigenvalue weighted by molar-refractivity contribution is 5.83. The molecule has 8 heteroatoms. The number of hydrogen-bond donors (Lipinski definition) is 4. The lowest BCUT2D eigenvalue weighted by atomic mass is 10.2. The molecule has 1 aliphatic heterocycles. The largest absolute Gasteiger partial charge is 0.480 e. The van der Waals surface area contributed by atoms with E-state index in [0.29, 0.717) is 19.6 Å². The molecular formula is C9H16N4O4. The van der Waals surface area contributed by atoms with Gasteiger partial charge in [-0.25, -0.2) is 0 Å². The maximum absolute atomic E-state index is 11.4. The minimum Gasteiger partial charge on any atom is -0.480 e. The van der Waals surface area contributed by atoms with Crippen LogP contribution in [-0.4, -0.2) is 60.0 Å². The van der Waals surface area contributed by atoms with Gasteiger partial charge in [0.05, 0.1) is 6.54 Å². The van der Waals surface area contributed by atoms with Crippen molar-refractivity contribution in [1.82, 2.24) is 21.1 Å². The van der Waals surface area contributed by atoms with E-state index < -0.39 is 17.9 Å². The summed E-state index contributed by atoms with van der Waals surface area (Å²) in [6.07, 6.45) is 0. The molecule has 4 N–H and O–H groups in total. The number of rotatable bonds is 3. The number of hydrogen-bond acceptors (Lipinski definition) is 5. The first-order valence-corrected chi connectivity index (χ1v) is 5.23. The Morgan fingerprint density at radius 3 is 2.71 bits per heavy atom. The van der Waals surface area contributed by atoms with Crippen LogP contribution in [0.2, 0.25) is 0 Å². The second-order valence-electron chi connectivity index (χ2n) is 3.76. The molecule has 1 unspecified atom stereocenters. The van der Waals surface area contributed by atoms with E-state index >= 15 is 0 Å². The SMILES string of the molecule is CC(=O)NNC(=O)CN1CCNCC1C(=O)O. The van der Waals surface area contributed by atoms with Crippen molar-refractivity contribution >= 4 is 17.8 Å². The smallest absolute Gasteiger partial charge is 0.322 e. The molecule has 1 atom stereocenters. The van der Waals surface area contributed by atoms with Gasteiger partial charge in [0.2, 0.25) is 5.91 Å². The van der Waals surface area contributed by atoms with Crippen molar-refractivity contribution in [2.24, 2.45) is 0 Å². The van der Waals surface area contributed by atoms with Gasteiger partial charge in [-0.2, -0.15) is 0 Å². The molecule has 2 amide bonds. The van der Waals surface area contributed by atoms with Crippen molar-refractivity contribution in [2.45, 2.75) is 13.0 Å². The molecule has 0 aromatic carbocycles. The first-order valence-electron chi connectivity index (χ1n) is 5.23. The number of carboxylic acids is 1. The first kappa shape index (κ1) is 13.4. The summed E-state index contributed by atoms with van der Waals surface area (Å²) in [6, 6.07) is -0.716. The Kier molecular flexibility index (Phi) is 4.85. The molecule has 96 valence electrons. The molecule has 0 aromatic heterocycles. The molecule has 0 radical (unpaired) electrons. The summed E-state index contributed by atoms with van der Waals surface area (Å²) in [7, 11) is 0. The fourth-order valence-electron chi connectivity index (χ4n) is 1.56. The van der Waals surface area contributed by atoms with E-state index in [9.17, 15) is 14.4 Å². The molecule has 1 rings (SSSR count). The lowest BCUT2D eigenvalue weighted by Crippen LogP contribution is -2.58. The number of nitrogens with zero attached hydrogens (tertiary/aromatic N) is 1. The van der Waals surface area contributed by atoms with Crippen LogP contribution in [0.1, 0.15) is 6.92 Å². The Hall–Kier alpha value is -1.67. The summed E-state index contributed by atoms with van der Waals surface area (Å²) in [6.45, 7) is 2.63. The van der Waals surface area contributed by atoms with Crippen molar-refractivity contribution in [3.8, 4) is 0 Å². The monoisotopic (exact) mass is 244 g/mol. The van der Waals surface area contributed by atoms with E-state index in [2.05, 4.69) is 16.2 Å². The fourth-order valence-corrected chi connectivity index (χ4v) is 1.56. The number of nitrogens with one attached hydrogen (secondary N) is 3. The van der Waals surface area contributed by atoms with Crippen molar-refractivity contribution in [3.63, 3.8) is 0 Å². The molecule has 0 aromatic rings. The zero-order valence-electron chi connectivity index (χ0n) is 9.52. The van der Waals surface area contributed by atoms with Gasteiger partial charge in [-0.3, -0.25) is 30.1 Å². The summed E-state index contributed by atoms with van der Waals surface area (Å²) in [4.78, 5) is 34.5. The second kappa shape index (κ2) is 6.16. The van der Waals surface area contributed by atoms with E-state index in [1.165, 1.54) is 6.92 Å². The maximum Gasteiger partial charge on any atom is 0.322 e. The van der Waals surface area contributed by atoms with Crippen molar-refractivity contribution in [2.75, 3.05) is 26.2 Å². The summed E-state index contributed by atoms with van der Waals surface area (Å²) in [5, 5.41) is 11.9. The highest BCUT2D eigenvalue weighted by atomic mass is 16.4. The van der Waals surface area contributed by atoms with E-state index in [0.717, 1.165) is 0 Å². The minimum atomic E-state index is -0.968. The fraction of sp³-hybridized carbons (Fsp3) is 0.667. The Bertz CT molecular complexity index is 320. The Morgan fingerprint density at radius 2 is 2.12 bits per heavy atom. The van der Waals surface area contributed by atoms with Crippen molar-refractivity contribution < 1.29 is 19.5 Å². The first-order chi connectivity index (χ1) is 8.00. The number of carbonyl (C=O) groups excluding carboxylic acids is 2. The lowest BCUT2D eigenvalue weighted by molar-refractivity contribution is -0.144. The van der Waals surface area contributed by atoms with Crippen LogP contribution in [0.15, 0.2) is 0 Å². The zero-order valence-corrected chi connectivity index (χ0v) is 9.52. The molecule has 1 heterocycles. The number of carbonyl (C=O) groups is 3. The van der Waals surface area contributed by atoms with Gasteiger partial charge >= 0.3 is 5.97 Å². The lowest BCUT2D eigenvalue weighted by Gasteiger charge is -2.32. The van der Waals surface area contributed by atoms with Gasteiger partial charge in [-0.05, 0) is 0 Å². The predicted molar refractivity (Wildman–Crippen MR) is 57.8 cm³/mol. The highest BCUT2D eigenvalue weighted by Crippen LogP contribution is 2.02. The Labute approximate surface area is 98.3 Å². The van der Waals surface area contributed by atoms with Gasteiger partial charge in [0, 0.05) is 26.6 Å². The number of amides is 2. The highest BCUT2D eigenvalue weighted by Gasteiger charge is 2.29. The topological polar surface area (TPSA) is 111 Å². The third-order valence-corrected chi connectivity index (χ3v) is 2.36. The Morgan fingerprint density at radius 1 is 1.41 bits per heavy atom. The van der Waals surface area contributed by atoms with Gasteiger partial charge in [-0.15, -0.1) is 0 Å². The molecule has 0 spiro atoms. The van der Waals surface area contributed by atoms with Gasteiger partial charge in [0.15, 0.2) is 0 Å². The summed E-state index contributed by atoms with van der Waals surface area (Å²) >= 11 is 0. The molecule has 17 heavy (non-hydrogen) atoms. The molecule has 0 aliphatic carbocycles. The molecule has 1 saturated heterocycles. The van der Waals surface area contributed by atoms with Crippen LogP contribution in [0.3, 0.4) is 0 Å².